The van der Waals surface area contributed by atoms with Crippen molar-refractivity contribution in [1.82, 2.24) is 9.80 Å². The molecular weight excluding hydrogens is 363 g/mol. The van der Waals surface area contributed by atoms with E-state index in [0.717, 1.165) is 58.2 Å². The summed E-state index contributed by atoms with van der Waals surface area (Å²) in [5.74, 6) is 1.10. The van der Waals surface area contributed by atoms with E-state index in [4.69, 9.17) is 11.6 Å². The molecule has 0 aromatic heterocycles. The molecule has 5 heteroatoms. The molecule has 0 N–H and O–H groups in total. The first kappa shape index (κ1) is 19.2. The van der Waals surface area contributed by atoms with E-state index in [2.05, 4.69) is 9.80 Å². The summed E-state index contributed by atoms with van der Waals surface area (Å²) in [5.41, 5.74) is 0.609. The van der Waals surface area contributed by atoms with Gasteiger partial charge in [-0.1, -0.05) is 30.5 Å². The van der Waals surface area contributed by atoms with E-state index < -0.39 is 0 Å². The van der Waals surface area contributed by atoms with E-state index in [1.54, 1.807) is 12.1 Å². The maximum atomic E-state index is 14.1. The molecule has 3 fully saturated rings. The smallest absolute Gasteiger partial charge is 0.225 e. The average Bonchev–Trinajstić information content (AvgIpc) is 3.52. The molecule has 4 rings (SSSR count). The van der Waals surface area contributed by atoms with Crippen molar-refractivity contribution < 1.29 is 9.18 Å². The first-order chi connectivity index (χ1) is 13.1. The standard InChI is InChI=1S/C22H30ClFN2O/c23-19-5-4-6-20(24)18(19)15-25-13-10-16(11-14-25)21-7-2-1-3-12-26(21)22(27)17-8-9-17/h4-6,16-17,21H,1-3,7-15H2/t21-/m1/s1. The Morgan fingerprint density at radius 2 is 1.81 bits per heavy atom. The Morgan fingerprint density at radius 3 is 2.52 bits per heavy atom. The SMILES string of the molecule is O=C(C1CC1)N1CCCCC[C@@H]1C1CCN(Cc2c(F)cccc2Cl)CC1. The van der Waals surface area contributed by atoms with Crippen molar-refractivity contribution in [1.29, 1.82) is 0 Å². The number of hydrogen-bond donors (Lipinski definition) is 0. The lowest BCUT2D eigenvalue weighted by atomic mass is 9.85. The molecule has 1 atom stereocenters. The molecule has 0 radical (unpaired) electrons. The number of rotatable bonds is 4. The molecule has 3 aliphatic rings. The van der Waals surface area contributed by atoms with Crippen LogP contribution in [0.25, 0.3) is 0 Å². The maximum absolute atomic E-state index is 14.1. The highest BCUT2D eigenvalue weighted by Crippen LogP contribution is 2.36. The summed E-state index contributed by atoms with van der Waals surface area (Å²) in [4.78, 5) is 17.4. The predicted octanol–water partition coefficient (Wildman–Crippen LogP) is 4.87. The minimum absolute atomic E-state index is 0.213. The fraction of sp³-hybridized carbons (Fsp3) is 0.682. The Bertz CT molecular complexity index is 650. The Balaban J connectivity index is 1.38. The molecule has 1 saturated carbocycles. The molecule has 1 aromatic rings. The highest BCUT2D eigenvalue weighted by Gasteiger charge is 2.39. The van der Waals surface area contributed by atoms with Gasteiger partial charge in [0.2, 0.25) is 5.91 Å². The summed E-state index contributed by atoms with van der Waals surface area (Å²) >= 11 is 6.20. The average molecular weight is 393 g/mol. The van der Waals surface area contributed by atoms with Crippen LogP contribution in [0.2, 0.25) is 5.02 Å². The third-order valence-corrected chi connectivity index (χ3v) is 6.98. The van der Waals surface area contributed by atoms with Crippen LogP contribution in [0.5, 0.6) is 0 Å². The Hall–Kier alpha value is -1.13. The molecule has 1 aromatic carbocycles. The maximum Gasteiger partial charge on any atom is 0.225 e. The molecule has 0 spiro atoms. The van der Waals surface area contributed by atoms with Crippen LogP contribution in [0, 0.1) is 17.7 Å². The Labute approximate surface area is 166 Å². The van der Waals surface area contributed by atoms with Crippen LogP contribution in [0.15, 0.2) is 18.2 Å². The molecule has 2 aliphatic heterocycles. The van der Waals surface area contributed by atoms with Crippen LogP contribution in [-0.4, -0.2) is 41.4 Å². The number of nitrogens with zero attached hydrogens (tertiary/aromatic N) is 2. The van der Waals surface area contributed by atoms with Gasteiger partial charge in [-0.05, 0) is 69.7 Å². The second kappa shape index (κ2) is 8.48. The molecular formula is C22H30ClFN2O. The van der Waals surface area contributed by atoms with E-state index in [1.165, 1.54) is 18.9 Å². The molecule has 0 unspecified atom stereocenters. The van der Waals surface area contributed by atoms with Crippen LogP contribution in [0.4, 0.5) is 4.39 Å². The van der Waals surface area contributed by atoms with Crippen molar-refractivity contribution in [3.8, 4) is 0 Å². The van der Waals surface area contributed by atoms with E-state index in [0.29, 0.717) is 40.9 Å². The normalized spacial score (nSPS) is 25.4. The van der Waals surface area contributed by atoms with Gasteiger partial charge in [0.05, 0.1) is 0 Å². The zero-order valence-corrected chi connectivity index (χ0v) is 16.8. The van der Waals surface area contributed by atoms with Crippen LogP contribution < -0.4 is 0 Å². The topological polar surface area (TPSA) is 23.6 Å². The van der Waals surface area contributed by atoms with E-state index in [-0.39, 0.29) is 5.82 Å². The van der Waals surface area contributed by atoms with Gasteiger partial charge in [0.25, 0.3) is 0 Å². The first-order valence-electron chi connectivity index (χ1n) is 10.6. The minimum atomic E-state index is -0.213. The van der Waals surface area contributed by atoms with Gasteiger partial charge in [0, 0.05) is 35.6 Å². The fourth-order valence-corrected chi connectivity index (χ4v) is 5.09. The molecule has 2 heterocycles. The summed E-state index contributed by atoms with van der Waals surface area (Å²) in [6.07, 6.45) is 9.14. The van der Waals surface area contributed by atoms with Gasteiger partial charge in [-0.2, -0.15) is 0 Å². The third-order valence-electron chi connectivity index (χ3n) is 6.63. The number of amides is 1. The summed E-state index contributed by atoms with van der Waals surface area (Å²) in [6.45, 7) is 3.44. The lowest BCUT2D eigenvalue weighted by Crippen LogP contribution is -2.48. The lowest BCUT2D eigenvalue weighted by Gasteiger charge is -2.41. The summed E-state index contributed by atoms with van der Waals surface area (Å²) in [5, 5.41) is 0.516. The molecule has 2 saturated heterocycles. The Morgan fingerprint density at radius 1 is 1.04 bits per heavy atom. The van der Waals surface area contributed by atoms with Crippen molar-refractivity contribution in [2.45, 2.75) is 64.0 Å². The Kier molecular flexibility index (Phi) is 6.03. The zero-order chi connectivity index (χ0) is 18.8. The number of halogens is 2. The number of benzene rings is 1. The van der Waals surface area contributed by atoms with E-state index >= 15 is 0 Å². The molecule has 148 valence electrons. The highest BCUT2D eigenvalue weighted by molar-refractivity contribution is 6.31. The van der Waals surface area contributed by atoms with Gasteiger partial charge < -0.3 is 4.90 Å². The fourth-order valence-electron chi connectivity index (χ4n) is 4.87. The van der Waals surface area contributed by atoms with Gasteiger partial charge >= 0.3 is 0 Å². The number of hydrogen-bond acceptors (Lipinski definition) is 2. The minimum Gasteiger partial charge on any atom is -0.339 e. The van der Waals surface area contributed by atoms with Crippen molar-refractivity contribution >= 4 is 17.5 Å². The summed E-state index contributed by atoms with van der Waals surface area (Å²) in [7, 11) is 0. The van der Waals surface area contributed by atoms with Crippen LogP contribution in [0.1, 0.15) is 56.9 Å². The van der Waals surface area contributed by atoms with Crippen molar-refractivity contribution in [3.05, 3.63) is 34.6 Å². The first-order valence-corrected chi connectivity index (χ1v) is 11.0. The molecule has 0 bridgehead atoms. The van der Waals surface area contributed by atoms with Gasteiger partial charge in [0.1, 0.15) is 5.82 Å². The second-order valence-corrected chi connectivity index (χ2v) is 8.94. The van der Waals surface area contributed by atoms with Crippen molar-refractivity contribution in [2.75, 3.05) is 19.6 Å². The van der Waals surface area contributed by atoms with Gasteiger partial charge in [-0.15, -0.1) is 0 Å². The lowest BCUT2D eigenvalue weighted by molar-refractivity contribution is -0.136. The number of carbonyl (C=O) groups excluding carboxylic acids is 1. The molecule has 1 aliphatic carbocycles. The number of piperidine rings is 1. The molecule has 1 amide bonds. The van der Waals surface area contributed by atoms with Crippen LogP contribution in [0.3, 0.4) is 0 Å². The second-order valence-electron chi connectivity index (χ2n) is 8.54. The zero-order valence-electron chi connectivity index (χ0n) is 16.0. The number of likely N-dealkylation sites (tertiary alicyclic amines) is 2. The van der Waals surface area contributed by atoms with E-state index in [9.17, 15) is 9.18 Å². The monoisotopic (exact) mass is 392 g/mol. The molecule has 3 nitrogen and oxygen atoms in total. The summed E-state index contributed by atoms with van der Waals surface area (Å²) in [6, 6.07) is 5.32. The largest absolute Gasteiger partial charge is 0.339 e. The van der Waals surface area contributed by atoms with Gasteiger partial charge in [0.15, 0.2) is 0 Å². The van der Waals surface area contributed by atoms with Crippen LogP contribution >= 0.6 is 11.6 Å². The molecule has 27 heavy (non-hydrogen) atoms. The quantitative estimate of drug-likeness (QED) is 0.729. The van der Waals surface area contributed by atoms with Gasteiger partial charge in [-0.3, -0.25) is 9.69 Å². The van der Waals surface area contributed by atoms with Crippen molar-refractivity contribution in [3.63, 3.8) is 0 Å². The van der Waals surface area contributed by atoms with E-state index in [1.807, 2.05) is 0 Å². The third kappa shape index (κ3) is 4.48. The predicted molar refractivity (Wildman–Crippen MR) is 106 cm³/mol. The van der Waals surface area contributed by atoms with Gasteiger partial charge in [-0.25, -0.2) is 4.39 Å². The highest BCUT2D eigenvalue weighted by atomic mass is 35.5. The number of carbonyl (C=O) groups is 1. The van der Waals surface area contributed by atoms with Crippen LogP contribution in [-0.2, 0) is 11.3 Å². The summed E-state index contributed by atoms with van der Waals surface area (Å²) < 4.78 is 14.1. The van der Waals surface area contributed by atoms with Crippen molar-refractivity contribution in [2.24, 2.45) is 11.8 Å².